The van der Waals surface area contributed by atoms with Crippen LogP contribution in [0.3, 0.4) is 0 Å². The fourth-order valence-corrected chi connectivity index (χ4v) is 1.97. The van der Waals surface area contributed by atoms with Crippen LogP contribution in [0.15, 0.2) is 12.1 Å². The molecule has 1 aliphatic heterocycles. The molecule has 2 rings (SSSR count). The maximum absolute atomic E-state index is 11.7. The topological polar surface area (TPSA) is 56.8 Å². The Morgan fingerprint density at radius 1 is 1.38 bits per heavy atom. The van der Waals surface area contributed by atoms with Gasteiger partial charge in [-0.3, -0.25) is 4.79 Å². The van der Waals surface area contributed by atoms with Crippen molar-refractivity contribution in [3.05, 3.63) is 12.1 Å². The molecule has 0 spiro atoms. The lowest BCUT2D eigenvalue weighted by Crippen LogP contribution is -2.08. The van der Waals surface area contributed by atoms with Gasteiger partial charge in [0.2, 0.25) is 12.5 Å². The van der Waals surface area contributed by atoms with Crippen molar-refractivity contribution >= 4 is 11.6 Å². The molecule has 1 N–H and O–H groups in total. The number of unbranched alkanes of at least 4 members (excludes halogenated alkanes) is 3. The fraction of sp³-hybridized carbons (Fsp3) is 0.438. The number of carbonyl (C=O) groups excluding carboxylic acids is 1. The van der Waals surface area contributed by atoms with Crippen LogP contribution in [0.25, 0.3) is 0 Å². The first-order valence-corrected chi connectivity index (χ1v) is 7.02. The molecule has 0 saturated heterocycles. The standard InChI is InChI=1S/C16H19NO4/c1-3-4-5-6-7-8-15(18)17-12-9-13(19-2)16-14(10-12)20-11-21-16/h9-10H,3-6,11H2,1-2H3,(H,17,18). The Hall–Kier alpha value is -2.35. The first-order valence-electron chi connectivity index (χ1n) is 7.02. The van der Waals surface area contributed by atoms with Gasteiger partial charge in [0.1, 0.15) is 0 Å². The van der Waals surface area contributed by atoms with E-state index in [2.05, 4.69) is 24.1 Å². The van der Waals surface area contributed by atoms with Crippen LogP contribution >= 0.6 is 0 Å². The first kappa shape index (κ1) is 15.0. The third-order valence-electron chi connectivity index (χ3n) is 3.02. The molecular formula is C16H19NO4. The van der Waals surface area contributed by atoms with Gasteiger partial charge in [0.15, 0.2) is 11.5 Å². The van der Waals surface area contributed by atoms with Gasteiger partial charge < -0.3 is 19.5 Å². The van der Waals surface area contributed by atoms with Gasteiger partial charge in [0.05, 0.1) is 7.11 Å². The van der Waals surface area contributed by atoms with Gasteiger partial charge in [-0.15, -0.1) is 0 Å². The molecule has 0 aliphatic carbocycles. The Bertz CT molecular complexity index is 572. The van der Waals surface area contributed by atoms with E-state index in [9.17, 15) is 4.79 Å². The summed E-state index contributed by atoms with van der Waals surface area (Å²) in [6, 6.07) is 3.38. The van der Waals surface area contributed by atoms with E-state index in [1.807, 2.05) is 0 Å². The van der Waals surface area contributed by atoms with Crippen molar-refractivity contribution in [2.45, 2.75) is 32.6 Å². The highest BCUT2D eigenvalue weighted by Crippen LogP contribution is 2.43. The Morgan fingerprint density at radius 2 is 2.24 bits per heavy atom. The summed E-state index contributed by atoms with van der Waals surface area (Å²) in [5.41, 5.74) is 0.573. The largest absolute Gasteiger partial charge is 0.493 e. The number of benzene rings is 1. The average molecular weight is 289 g/mol. The SMILES string of the molecule is CCCCCC#CC(=O)Nc1cc(OC)c2c(c1)OCO2. The number of rotatable bonds is 5. The molecule has 1 aliphatic rings. The van der Waals surface area contributed by atoms with Gasteiger partial charge in [-0.25, -0.2) is 0 Å². The Balaban J connectivity index is 1.98. The van der Waals surface area contributed by atoms with Gasteiger partial charge in [0.25, 0.3) is 5.91 Å². The second kappa shape index (κ2) is 7.44. The van der Waals surface area contributed by atoms with Crippen LogP contribution in [0.1, 0.15) is 32.6 Å². The van der Waals surface area contributed by atoms with Crippen molar-refractivity contribution in [2.24, 2.45) is 0 Å². The lowest BCUT2D eigenvalue weighted by Gasteiger charge is -2.07. The molecule has 5 nitrogen and oxygen atoms in total. The fourth-order valence-electron chi connectivity index (χ4n) is 1.97. The predicted octanol–water partition coefficient (Wildman–Crippen LogP) is 2.95. The number of fused-ring (bicyclic) bond motifs is 1. The van der Waals surface area contributed by atoms with E-state index < -0.39 is 0 Å². The molecule has 0 unspecified atom stereocenters. The predicted molar refractivity (Wildman–Crippen MR) is 79.7 cm³/mol. The number of nitrogens with one attached hydrogen (secondary N) is 1. The van der Waals surface area contributed by atoms with Crippen molar-refractivity contribution in [1.82, 2.24) is 0 Å². The molecule has 0 saturated carbocycles. The Kier molecular flexibility index (Phi) is 5.33. The summed E-state index contributed by atoms with van der Waals surface area (Å²) in [5.74, 6) is 6.75. The summed E-state index contributed by atoms with van der Waals surface area (Å²) < 4.78 is 15.8. The van der Waals surface area contributed by atoms with E-state index in [0.29, 0.717) is 22.9 Å². The van der Waals surface area contributed by atoms with E-state index in [4.69, 9.17) is 14.2 Å². The molecule has 5 heteroatoms. The maximum Gasteiger partial charge on any atom is 0.300 e. The number of anilines is 1. The molecule has 112 valence electrons. The van der Waals surface area contributed by atoms with Crippen LogP contribution in [-0.2, 0) is 4.79 Å². The normalized spacial score (nSPS) is 11.5. The van der Waals surface area contributed by atoms with Gasteiger partial charge in [0, 0.05) is 24.2 Å². The molecule has 0 radical (unpaired) electrons. The number of hydrogen-bond donors (Lipinski definition) is 1. The van der Waals surface area contributed by atoms with Crippen molar-refractivity contribution in [1.29, 1.82) is 0 Å². The summed E-state index contributed by atoms with van der Waals surface area (Å²) in [4.78, 5) is 11.7. The summed E-state index contributed by atoms with van der Waals surface area (Å²) >= 11 is 0. The summed E-state index contributed by atoms with van der Waals surface area (Å²) in [5, 5.41) is 2.71. The average Bonchev–Trinajstić information content (AvgIpc) is 2.94. The third kappa shape index (κ3) is 4.06. The minimum Gasteiger partial charge on any atom is -0.493 e. The van der Waals surface area contributed by atoms with Gasteiger partial charge in [-0.05, 0) is 12.3 Å². The number of methoxy groups -OCH3 is 1. The second-order valence-corrected chi connectivity index (χ2v) is 4.63. The molecule has 1 heterocycles. The van der Waals surface area contributed by atoms with Crippen LogP contribution < -0.4 is 19.5 Å². The number of ether oxygens (including phenoxy) is 3. The highest BCUT2D eigenvalue weighted by atomic mass is 16.7. The molecule has 1 aromatic rings. The number of amides is 1. The Labute approximate surface area is 124 Å². The zero-order valence-corrected chi connectivity index (χ0v) is 12.3. The number of carbonyl (C=O) groups is 1. The van der Waals surface area contributed by atoms with Crippen LogP contribution in [0.2, 0.25) is 0 Å². The molecule has 0 bridgehead atoms. The van der Waals surface area contributed by atoms with Gasteiger partial charge >= 0.3 is 0 Å². The van der Waals surface area contributed by atoms with Gasteiger partial charge in [-0.2, -0.15) is 0 Å². The zero-order chi connectivity index (χ0) is 15.1. The minimum atomic E-state index is -0.340. The first-order chi connectivity index (χ1) is 10.2. The van der Waals surface area contributed by atoms with Crippen molar-refractivity contribution in [3.8, 4) is 29.1 Å². The lowest BCUT2D eigenvalue weighted by molar-refractivity contribution is -0.111. The van der Waals surface area contributed by atoms with Crippen LogP contribution in [-0.4, -0.2) is 19.8 Å². The molecule has 21 heavy (non-hydrogen) atoms. The van der Waals surface area contributed by atoms with Crippen LogP contribution in [0, 0.1) is 11.8 Å². The minimum absolute atomic E-state index is 0.153. The summed E-state index contributed by atoms with van der Waals surface area (Å²) in [6.45, 7) is 2.29. The Morgan fingerprint density at radius 3 is 3.00 bits per heavy atom. The highest BCUT2D eigenvalue weighted by Gasteiger charge is 2.20. The summed E-state index contributed by atoms with van der Waals surface area (Å²) in [6.07, 6.45) is 4.04. The third-order valence-corrected chi connectivity index (χ3v) is 3.02. The molecular weight excluding hydrogens is 270 g/mol. The highest BCUT2D eigenvalue weighted by molar-refractivity contribution is 6.04. The van der Waals surface area contributed by atoms with Crippen molar-refractivity contribution in [3.63, 3.8) is 0 Å². The lowest BCUT2D eigenvalue weighted by atomic mass is 10.2. The van der Waals surface area contributed by atoms with E-state index in [1.54, 1.807) is 12.1 Å². The monoisotopic (exact) mass is 289 g/mol. The van der Waals surface area contributed by atoms with E-state index in [0.717, 1.165) is 25.7 Å². The van der Waals surface area contributed by atoms with E-state index >= 15 is 0 Å². The molecule has 0 aromatic heterocycles. The van der Waals surface area contributed by atoms with Crippen molar-refractivity contribution < 1.29 is 19.0 Å². The van der Waals surface area contributed by atoms with Crippen molar-refractivity contribution in [2.75, 3.05) is 19.2 Å². The van der Waals surface area contributed by atoms with Gasteiger partial charge in [-0.1, -0.05) is 25.7 Å². The molecule has 1 amide bonds. The smallest absolute Gasteiger partial charge is 0.300 e. The van der Waals surface area contributed by atoms with Crippen LogP contribution in [0.4, 0.5) is 5.69 Å². The summed E-state index contributed by atoms with van der Waals surface area (Å²) in [7, 11) is 1.54. The van der Waals surface area contributed by atoms with Crippen LogP contribution in [0.5, 0.6) is 17.2 Å². The maximum atomic E-state index is 11.7. The van der Waals surface area contributed by atoms with E-state index in [1.165, 1.54) is 7.11 Å². The second-order valence-electron chi connectivity index (χ2n) is 4.63. The molecule has 0 atom stereocenters. The van der Waals surface area contributed by atoms with E-state index in [-0.39, 0.29) is 12.7 Å². The molecule has 0 fully saturated rings. The number of hydrogen-bond acceptors (Lipinski definition) is 4. The zero-order valence-electron chi connectivity index (χ0n) is 12.3. The molecule has 1 aromatic carbocycles. The quantitative estimate of drug-likeness (QED) is 0.669.